The number of ether oxygens (including phenoxy) is 1. The lowest BCUT2D eigenvalue weighted by Gasteiger charge is -2.36. The number of nitrogens with two attached hydrogens (primary N) is 1. The molecule has 4 N–H and O–H groups in total. The molecule has 9 nitrogen and oxygen atoms in total. The molecule has 34 heavy (non-hydrogen) atoms. The van der Waals surface area contributed by atoms with Gasteiger partial charge in [-0.1, -0.05) is 19.3 Å². The first kappa shape index (κ1) is 25.8. The fourth-order valence-corrected chi connectivity index (χ4v) is 4.66. The fourth-order valence-electron chi connectivity index (χ4n) is 4.66. The number of aliphatic imine (C=N–C) groups is 1. The fraction of sp³-hybridized carbons (Fsp3) is 0.640. The molecule has 1 aliphatic heterocycles. The Bertz CT molecular complexity index is 880. The number of rotatable bonds is 10. The smallest absolute Gasteiger partial charge is 0.239 e. The van der Waals surface area contributed by atoms with E-state index in [4.69, 9.17) is 10.5 Å². The van der Waals surface area contributed by atoms with Crippen molar-refractivity contribution in [1.82, 2.24) is 15.1 Å². The van der Waals surface area contributed by atoms with Gasteiger partial charge in [-0.3, -0.25) is 9.59 Å². The lowest BCUT2D eigenvalue weighted by atomic mass is 9.93. The zero-order valence-corrected chi connectivity index (χ0v) is 20.6. The minimum atomic E-state index is -0.768. The van der Waals surface area contributed by atoms with Crippen molar-refractivity contribution in [1.29, 1.82) is 0 Å². The van der Waals surface area contributed by atoms with E-state index < -0.39 is 6.23 Å². The number of carbonyl (C=O) groups excluding carboxylic acids is 2. The van der Waals surface area contributed by atoms with Gasteiger partial charge in [0.25, 0.3) is 0 Å². The molecule has 1 heterocycles. The number of hydrogen-bond acceptors (Lipinski definition) is 7. The number of fused-ring (bicyclic) bond motifs is 1. The second kappa shape index (κ2) is 12.1. The number of benzene rings is 1. The first-order valence-electron chi connectivity index (χ1n) is 12.4. The van der Waals surface area contributed by atoms with Crippen LogP contribution in [-0.4, -0.2) is 64.1 Å². The Balaban J connectivity index is 1.50. The second-order valence-corrected chi connectivity index (χ2v) is 9.52. The summed E-state index contributed by atoms with van der Waals surface area (Å²) in [6.45, 7) is 6.50. The Hall–Kier alpha value is -2.81. The van der Waals surface area contributed by atoms with Crippen molar-refractivity contribution in [3.8, 4) is 5.75 Å². The van der Waals surface area contributed by atoms with Gasteiger partial charge >= 0.3 is 0 Å². The molecule has 2 amide bonds. The maximum atomic E-state index is 12.8. The summed E-state index contributed by atoms with van der Waals surface area (Å²) < 4.78 is 5.89. The van der Waals surface area contributed by atoms with Crippen LogP contribution in [0.3, 0.4) is 0 Å². The van der Waals surface area contributed by atoms with Crippen LogP contribution < -0.4 is 15.8 Å². The van der Waals surface area contributed by atoms with Crippen LogP contribution in [0, 0.1) is 0 Å². The number of guanidine groups is 1. The monoisotopic (exact) mass is 473 g/mol. The number of aliphatic hydroxyl groups is 1. The van der Waals surface area contributed by atoms with Crippen LogP contribution in [0.1, 0.15) is 71.3 Å². The Morgan fingerprint density at radius 2 is 2.00 bits per heavy atom. The highest BCUT2D eigenvalue weighted by Crippen LogP contribution is 2.29. The topological polar surface area (TPSA) is 120 Å². The Morgan fingerprint density at radius 1 is 1.26 bits per heavy atom. The second-order valence-electron chi connectivity index (χ2n) is 9.52. The van der Waals surface area contributed by atoms with Gasteiger partial charge in [0, 0.05) is 30.6 Å². The van der Waals surface area contributed by atoms with Gasteiger partial charge in [0.1, 0.15) is 12.0 Å². The molecule has 9 heteroatoms. The van der Waals surface area contributed by atoms with E-state index in [2.05, 4.69) is 10.3 Å². The molecule has 1 aromatic carbocycles. The van der Waals surface area contributed by atoms with Crippen LogP contribution >= 0.6 is 0 Å². The Morgan fingerprint density at radius 3 is 2.68 bits per heavy atom. The lowest BCUT2D eigenvalue weighted by Crippen LogP contribution is -2.46. The van der Waals surface area contributed by atoms with E-state index in [9.17, 15) is 14.7 Å². The zero-order chi connectivity index (χ0) is 24.7. The third kappa shape index (κ3) is 7.09. The van der Waals surface area contributed by atoms with Crippen LogP contribution in [0.2, 0.25) is 0 Å². The highest BCUT2D eigenvalue weighted by Gasteiger charge is 2.28. The van der Waals surface area contributed by atoms with E-state index in [1.54, 1.807) is 16.7 Å². The minimum Gasteiger partial charge on any atom is -0.494 e. The highest BCUT2D eigenvalue weighted by molar-refractivity contribution is 5.88. The molecule has 1 aliphatic carbocycles. The first-order valence-corrected chi connectivity index (χ1v) is 12.4. The molecule has 1 aromatic rings. The maximum absolute atomic E-state index is 12.8. The van der Waals surface area contributed by atoms with E-state index in [1.807, 2.05) is 32.0 Å². The molecule has 0 spiro atoms. The molecule has 0 radical (unpaired) electrons. The molecule has 1 saturated carbocycles. The van der Waals surface area contributed by atoms with Crippen molar-refractivity contribution < 1.29 is 19.4 Å². The zero-order valence-electron chi connectivity index (χ0n) is 20.6. The molecule has 0 bridgehead atoms. The summed E-state index contributed by atoms with van der Waals surface area (Å²) in [6.07, 6.45) is 5.49. The number of nitrogens with one attached hydrogen (secondary N) is 1. The summed E-state index contributed by atoms with van der Waals surface area (Å²) in [6, 6.07) is 5.80. The maximum Gasteiger partial charge on any atom is 0.239 e. The molecule has 188 valence electrons. The van der Waals surface area contributed by atoms with Crippen molar-refractivity contribution in [2.24, 2.45) is 10.7 Å². The average Bonchev–Trinajstić information content (AvgIpc) is 2.77. The molecule has 0 saturated heterocycles. The number of hydrogen-bond donors (Lipinski definition) is 3. The number of amides is 2. The largest absolute Gasteiger partial charge is 0.494 e. The van der Waals surface area contributed by atoms with Crippen LogP contribution in [0.15, 0.2) is 23.2 Å². The number of aliphatic hydroxyl groups excluding tert-OH is 1. The quantitative estimate of drug-likeness (QED) is 0.355. The first-order chi connectivity index (χ1) is 16.2. The average molecular weight is 474 g/mol. The molecular weight excluding hydrogens is 434 g/mol. The molecule has 1 unspecified atom stereocenters. The van der Waals surface area contributed by atoms with Gasteiger partial charge in [-0.05, 0) is 58.2 Å². The van der Waals surface area contributed by atoms with Gasteiger partial charge in [-0.25, -0.2) is 4.99 Å². The molecular formula is C25H39N5O4. The van der Waals surface area contributed by atoms with Crippen molar-refractivity contribution in [3.05, 3.63) is 23.8 Å². The van der Waals surface area contributed by atoms with Gasteiger partial charge in [-0.15, -0.1) is 0 Å². The van der Waals surface area contributed by atoms with Crippen LogP contribution in [0.4, 0.5) is 5.69 Å². The third-order valence-electron chi connectivity index (χ3n) is 6.22. The van der Waals surface area contributed by atoms with E-state index in [-0.39, 0.29) is 30.4 Å². The Labute approximate surface area is 202 Å². The molecule has 0 aromatic heterocycles. The highest BCUT2D eigenvalue weighted by atomic mass is 16.5. The predicted octanol–water partition coefficient (Wildman–Crippen LogP) is 2.63. The third-order valence-corrected chi connectivity index (χ3v) is 6.22. The van der Waals surface area contributed by atoms with E-state index in [0.717, 1.165) is 36.9 Å². The van der Waals surface area contributed by atoms with Crippen LogP contribution in [0.25, 0.3) is 0 Å². The van der Waals surface area contributed by atoms with Gasteiger partial charge in [0.15, 0.2) is 5.96 Å². The summed E-state index contributed by atoms with van der Waals surface area (Å²) in [5, 5.41) is 13.0. The van der Waals surface area contributed by atoms with Crippen LogP contribution in [0.5, 0.6) is 5.75 Å². The van der Waals surface area contributed by atoms with Gasteiger partial charge in [0.2, 0.25) is 11.8 Å². The van der Waals surface area contributed by atoms with Crippen molar-refractivity contribution in [2.45, 2.75) is 90.6 Å². The molecule has 3 rings (SSSR count). The minimum absolute atomic E-state index is 0.0175. The molecule has 1 fully saturated rings. The Kier molecular flexibility index (Phi) is 9.15. The standard InChI is InChI=1S/C25H39N5O4/c1-17(2)27-23(32)16-29-15-19-14-21(11-12-22(19)28-25(29)26)34-13-7-10-24(33)30(18(3)31)20-8-5-4-6-9-20/h11-12,14,17-18,20,31H,4-10,13,15-16H2,1-3H3,(H2,26,28)(H,27,32). The van der Waals surface area contributed by atoms with Crippen LogP contribution in [-0.2, 0) is 16.1 Å². The van der Waals surface area contributed by atoms with E-state index in [1.165, 1.54) is 6.42 Å². The predicted molar refractivity (Wildman–Crippen MR) is 132 cm³/mol. The summed E-state index contributed by atoms with van der Waals surface area (Å²) in [4.78, 5) is 32.7. The van der Waals surface area contributed by atoms with E-state index >= 15 is 0 Å². The van der Waals surface area contributed by atoms with Crippen molar-refractivity contribution >= 4 is 23.5 Å². The lowest BCUT2D eigenvalue weighted by molar-refractivity contribution is -0.145. The number of carbonyl (C=O) groups is 2. The van der Waals surface area contributed by atoms with E-state index in [0.29, 0.717) is 37.7 Å². The van der Waals surface area contributed by atoms with Gasteiger partial charge in [-0.2, -0.15) is 0 Å². The normalized spacial score (nSPS) is 17.1. The van der Waals surface area contributed by atoms with Crippen molar-refractivity contribution in [2.75, 3.05) is 13.2 Å². The number of nitrogens with zero attached hydrogens (tertiary/aromatic N) is 3. The van der Waals surface area contributed by atoms with Gasteiger partial charge in [0.05, 0.1) is 18.8 Å². The summed E-state index contributed by atoms with van der Waals surface area (Å²) in [5.41, 5.74) is 7.74. The van der Waals surface area contributed by atoms with Gasteiger partial charge < -0.3 is 30.7 Å². The molecule has 1 atom stereocenters. The summed E-state index contributed by atoms with van der Waals surface area (Å²) >= 11 is 0. The molecule has 2 aliphatic rings. The summed E-state index contributed by atoms with van der Waals surface area (Å²) in [5.74, 6) is 0.886. The SMILES string of the molecule is CC(C)NC(=O)CN1Cc2cc(OCCCC(=O)N(C(C)O)C3CCCCC3)ccc2N=C1N. The summed E-state index contributed by atoms with van der Waals surface area (Å²) in [7, 11) is 0. The van der Waals surface area contributed by atoms with Crippen molar-refractivity contribution in [3.63, 3.8) is 0 Å².